The fraction of sp³-hybridized carbons (Fsp3) is 0.889. The number of rotatable bonds is 4. The SMILES string of the molecule is O=C(NCC1CCCO1)C1CCC(C(=O)N2CCCCC2)CC1. The summed E-state index contributed by atoms with van der Waals surface area (Å²) in [6, 6.07) is 0. The van der Waals surface area contributed by atoms with E-state index in [1.165, 1.54) is 6.42 Å². The molecular formula is C18H30N2O3. The highest BCUT2D eigenvalue weighted by Gasteiger charge is 2.32. The van der Waals surface area contributed by atoms with Crippen LogP contribution in [0.4, 0.5) is 0 Å². The fourth-order valence-corrected chi connectivity index (χ4v) is 4.14. The van der Waals surface area contributed by atoms with Gasteiger partial charge < -0.3 is 15.0 Å². The molecule has 3 rings (SSSR count). The highest BCUT2D eigenvalue weighted by Crippen LogP contribution is 2.31. The van der Waals surface area contributed by atoms with Gasteiger partial charge in [0, 0.05) is 38.1 Å². The minimum atomic E-state index is 0.0850. The highest BCUT2D eigenvalue weighted by molar-refractivity contribution is 5.81. The van der Waals surface area contributed by atoms with Crippen molar-refractivity contribution in [2.24, 2.45) is 11.8 Å². The van der Waals surface area contributed by atoms with Crippen molar-refractivity contribution in [3.05, 3.63) is 0 Å². The molecule has 1 N–H and O–H groups in total. The standard InChI is InChI=1S/C18H30N2O3/c21-17(19-13-16-5-4-12-23-16)14-6-8-15(9-7-14)18(22)20-10-2-1-3-11-20/h14-16H,1-13H2,(H,19,21). The van der Waals surface area contributed by atoms with E-state index in [4.69, 9.17) is 4.74 Å². The number of nitrogens with zero attached hydrogens (tertiary/aromatic N) is 1. The lowest BCUT2D eigenvalue weighted by Crippen LogP contribution is -2.42. The van der Waals surface area contributed by atoms with Gasteiger partial charge >= 0.3 is 0 Å². The van der Waals surface area contributed by atoms with E-state index in [1.54, 1.807) is 0 Å². The lowest BCUT2D eigenvalue weighted by molar-refractivity contribution is -0.139. The zero-order valence-electron chi connectivity index (χ0n) is 14.1. The van der Waals surface area contributed by atoms with Gasteiger partial charge in [0.25, 0.3) is 0 Å². The summed E-state index contributed by atoms with van der Waals surface area (Å²) in [6.45, 7) is 3.33. The van der Waals surface area contributed by atoms with Crippen LogP contribution >= 0.6 is 0 Å². The van der Waals surface area contributed by atoms with E-state index in [0.717, 1.165) is 71.1 Å². The number of hydrogen-bond donors (Lipinski definition) is 1. The largest absolute Gasteiger partial charge is 0.376 e. The number of ether oxygens (including phenoxy) is 1. The van der Waals surface area contributed by atoms with Gasteiger partial charge in [0.05, 0.1) is 6.10 Å². The molecule has 5 heteroatoms. The molecule has 0 aromatic heterocycles. The zero-order valence-corrected chi connectivity index (χ0v) is 14.1. The Morgan fingerprint density at radius 3 is 2.26 bits per heavy atom. The average molecular weight is 322 g/mol. The lowest BCUT2D eigenvalue weighted by Gasteiger charge is -2.33. The second-order valence-corrected chi connectivity index (χ2v) is 7.31. The van der Waals surface area contributed by atoms with Crippen LogP contribution in [0.25, 0.3) is 0 Å². The summed E-state index contributed by atoms with van der Waals surface area (Å²) < 4.78 is 5.54. The minimum absolute atomic E-state index is 0.0850. The number of amides is 2. The highest BCUT2D eigenvalue weighted by atomic mass is 16.5. The van der Waals surface area contributed by atoms with Crippen LogP contribution in [-0.4, -0.2) is 49.1 Å². The van der Waals surface area contributed by atoms with Crippen molar-refractivity contribution >= 4 is 11.8 Å². The first-order valence-electron chi connectivity index (χ1n) is 9.42. The van der Waals surface area contributed by atoms with E-state index in [2.05, 4.69) is 5.32 Å². The van der Waals surface area contributed by atoms with E-state index < -0.39 is 0 Å². The second-order valence-electron chi connectivity index (χ2n) is 7.31. The quantitative estimate of drug-likeness (QED) is 0.862. The van der Waals surface area contributed by atoms with Gasteiger partial charge in [-0.2, -0.15) is 0 Å². The van der Waals surface area contributed by atoms with E-state index in [0.29, 0.717) is 12.5 Å². The van der Waals surface area contributed by atoms with Crippen molar-refractivity contribution < 1.29 is 14.3 Å². The van der Waals surface area contributed by atoms with E-state index in [-0.39, 0.29) is 23.8 Å². The normalized spacial score (nSPS) is 31.8. The molecule has 0 bridgehead atoms. The molecule has 0 aromatic rings. The van der Waals surface area contributed by atoms with Crippen molar-refractivity contribution in [3.63, 3.8) is 0 Å². The molecule has 0 spiro atoms. The Bertz CT molecular complexity index is 406. The molecule has 5 nitrogen and oxygen atoms in total. The van der Waals surface area contributed by atoms with Crippen LogP contribution in [0.2, 0.25) is 0 Å². The van der Waals surface area contributed by atoms with Gasteiger partial charge in [-0.3, -0.25) is 9.59 Å². The predicted octanol–water partition coefficient (Wildman–Crippen LogP) is 2.10. The van der Waals surface area contributed by atoms with Gasteiger partial charge in [-0.25, -0.2) is 0 Å². The Labute approximate surface area is 139 Å². The monoisotopic (exact) mass is 322 g/mol. The predicted molar refractivity (Wildman–Crippen MR) is 87.9 cm³/mol. The number of nitrogens with one attached hydrogen (secondary N) is 1. The lowest BCUT2D eigenvalue weighted by atomic mass is 9.80. The van der Waals surface area contributed by atoms with Crippen LogP contribution in [0.15, 0.2) is 0 Å². The van der Waals surface area contributed by atoms with Crippen molar-refractivity contribution in [2.75, 3.05) is 26.2 Å². The number of likely N-dealkylation sites (tertiary alicyclic amines) is 1. The summed E-state index contributed by atoms with van der Waals surface area (Å²) in [4.78, 5) is 26.9. The molecule has 3 aliphatic rings. The van der Waals surface area contributed by atoms with E-state index >= 15 is 0 Å². The van der Waals surface area contributed by atoms with E-state index in [1.807, 2.05) is 4.90 Å². The number of carbonyl (C=O) groups excluding carboxylic acids is 2. The first-order chi connectivity index (χ1) is 11.2. The molecule has 130 valence electrons. The average Bonchev–Trinajstić information content (AvgIpc) is 3.13. The molecule has 1 saturated carbocycles. The molecule has 0 radical (unpaired) electrons. The van der Waals surface area contributed by atoms with E-state index in [9.17, 15) is 9.59 Å². The Morgan fingerprint density at radius 2 is 1.61 bits per heavy atom. The van der Waals surface area contributed by atoms with Crippen molar-refractivity contribution in [1.82, 2.24) is 10.2 Å². The molecule has 0 aromatic carbocycles. The maximum absolute atomic E-state index is 12.5. The zero-order chi connectivity index (χ0) is 16.1. The smallest absolute Gasteiger partial charge is 0.225 e. The van der Waals surface area contributed by atoms with Crippen LogP contribution in [0.5, 0.6) is 0 Å². The van der Waals surface area contributed by atoms with Gasteiger partial charge in [-0.15, -0.1) is 0 Å². The molecule has 1 unspecified atom stereocenters. The first kappa shape index (κ1) is 16.7. The molecule has 2 saturated heterocycles. The number of piperidine rings is 1. The topological polar surface area (TPSA) is 58.6 Å². The van der Waals surface area contributed by atoms with Crippen molar-refractivity contribution in [1.29, 1.82) is 0 Å². The molecule has 2 aliphatic heterocycles. The van der Waals surface area contributed by atoms with Crippen LogP contribution in [0, 0.1) is 11.8 Å². The Kier molecular flexibility index (Phi) is 5.92. The second kappa shape index (κ2) is 8.13. The van der Waals surface area contributed by atoms with Gasteiger partial charge in [0.2, 0.25) is 11.8 Å². The third kappa shape index (κ3) is 4.46. The van der Waals surface area contributed by atoms with Gasteiger partial charge in [-0.1, -0.05) is 0 Å². The molecule has 1 aliphatic carbocycles. The van der Waals surface area contributed by atoms with Gasteiger partial charge in [0.1, 0.15) is 0 Å². The third-order valence-electron chi connectivity index (χ3n) is 5.64. The fourth-order valence-electron chi connectivity index (χ4n) is 4.14. The molecular weight excluding hydrogens is 292 g/mol. The number of carbonyl (C=O) groups is 2. The maximum atomic E-state index is 12.5. The Hall–Kier alpha value is -1.10. The third-order valence-corrected chi connectivity index (χ3v) is 5.64. The summed E-state index contributed by atoms with van der Waals surface area (Å²) >= 11 is 0. The van der Waals surface area contributed by atoms with Crippen LogP contribution in [-0.2, 0) is 14.3 Å². The molecule has 23 heavy (non-hydrogen) atoms. The minimum Gasteiger partial charge on any atom is -0.376 e. The molecule has 2 heterocycles. The molecule has 1 atom stereocenters. The summed E-state index contributed by atoms with van der Waals surface area (Å²) in [5, 5.41) is 3.04. The van der Waals surface area contributed by atoms with Crippen molar-refractivity contribution in [3.8, 4) is 0 Å². The Balaban J connectivity index is 1.38. The summed E-state index contributed by atoms with van der Waals surface area (Å²) in [6.07, 6.45) is 9.34. The summed E-state index contributed by atoms with van der Waals surface area (Å²) in [5.41, 5.74) is 0. The van der Waals surface area contributed by atoms with Crippen LogP contribution in [0.1, 0.15) is 57.8 Å². The summed E-state index contributed by atoms with van der Waals surface area (Å²) in [5.74, 6) is 0.726. The first-order valence-corrected chi connectivity index (χ1v) is 9.42. The van der Waals surface area contributed by atoms with Crippen LogP contribution < -0.4 is 5.32 Å². The maximum Gasteiger partial charge on any atom is 0.225 e. The van der Waals surface area contributed by atoms with Crippen molar-refractivity contribution in [2.45, 2.75) is 63.9 Å². The molecule has 3 fully saturated rings. The van der Waals surface area contributed by atoms with Gasteiger partial charge in [0.15, 0.2) is 0 Å². The number of hydrogen-bond acceptors (Lipinski definition) is 3. The Morgan fingerprint density at radius 1 is 0.913 bits per heavy atom. The van der Waals surface area contributed by atoms with Gasteiger partial charge in [-0.05, 0) is 57.8 Å². The van der Waals surface area contributed by atoms with Crippen LogP contribution in [0.3, 0.4) is 0 Å². The summed E-state index contributed by atoms with van der Waals surface area (Å²) in [7, 11) is 0. The molecule has 2 amide bonds.